The number of benzene rings is 2. The van der Waals surface area contributed by atoms with Crippen LogP contribution < -0.4 is 16.4 Å². The zero-order valence-corrected chi connectivity index (χ0v) is 22.7. The third-order valence-electron chi connectivity index (χ3n) is 6.28. The highest BCUT2D eigenvalue weighted by molar-refractivity contribution is 14.1. The van der Waals surface area contributed by atoms with Crippen molar-refractivity contribution in [2.45, 2.75) is 12.7 Å². The van der Waals surface area contributed by atoms with Crippen molar-refractivity contribution >= 4 is 51.3 Å². The molecular formula is C25H21F5IN7O2. The molecule has 2 amide bonds. The van der Waals surface area contributed by atoms with Crippen molar-refractivity contribution in [3.8, 4) is 11.1 Å². The first-order chi connectivity index (χ1) is 19.0. The zero-order valence-electron chi connectivity index (χ0n) is 20.5. The topological polar surface area (TPSA) is 110 Å². The third kappa shape index (κ3) is 5.80. The van der Waals surface area contributed by atoms with E-state index in [1.54, 1.807) is 28.7 Å². The number of morpholine rings is 1. The average molecular weight is 673 g/mol. The number of carbonyl (C=O) groups is 1. The Morgan fingerprint density at radius 3 is 2.48 bits per heavy atom. The van der Waals surface area contributed by atoms with Crippen LogP contribution in [0.3, 0.4) is 0 Å². The maximum absolute atomic E-state index is 15.4. The van der Waals surface area contributed by atoms with Crippen molar-refractivity contribution in [2.24, 2.45) is 0 Å². The van der Waals surface area contributed by atoms with Crippen molar-refractivity contribution in [1.29, 1.82) is 0 Å². The molecule has 0 atom stereocenters. The number of nitrogens with zero attached hydrogens (tertiary/aromatic N) is 4. The first kappa shape index (κ1) is 28.0. The lowest BCUT2D eigenvalue weighted by molar-refractivity contribution is -0.137. The summed E-state index contributed by atoms with van der Waals surface area (Å²) in [6.07, 6.45) is -3.36. The predicted octanol–water partition coefficient (Wildman–Crippen LogP) is 5.36. The molecule has 5 rings (SSSR count). The molecule has 0 saturated carbocycles. The lowest BCUT2D eigenvalue weighted by atomic mass is 10.0. The number of carbonyl (C=O) groups excluding carboxylic acids is 1. The van der Waals surface area contributed by atoms with Gasteiger partial charge in [0.1, 0.15) is 23.5 Å². The van der Waals surface area contributed by atoms with Crippen LogP contribution in [0.4, 0.5) is 43.9 Å². The minimum absolute atomic E-state index is 0.0651. The zero-order chi connectivity index (χ0) is 28.6. The van der Waals surface area contributed by atoms with Gasteiger partial charge in [0.2, 0.25) is 0 Å². The quantitative estimate of drug-likeness (QED) is 0.195. The number of rotatable bonds is 5. The summed E-state index contributed by atoms with van der Waals surface area (Å²) in [4.78, 5) is 18.6. The molecule has 3 heterocycles. The van der Waals surface area contributed by atoms with Crippen molar-refractivity contribution in [3.05, 3.63) is 69.2 Å². The Labute approximate surface area is 237 Å². The minimum Gasteiger partial charge on any atom is -0.382 e. The minimum atomic E-state index is -4.62. The molecule has 9 nitrogen and oxygen atoms in total. The van der Waals surface area contributed by atoms with Crippen LogP contribution in [0.1, 0.15) is 11.3 Å². The first-order valence-electron chi connectivity index (χ1n) is 11.9. The smallest absolute Gasteiger partial charge is 0.382 e. The van der Waals surface area contributed by atoms with E-state index in [0.29, 0.717) is 47.6 Å². The molecule has 1 fully saturated rings. The molecule has 0 bridgehead atoms. The van der Waals surface area contributed by atoms with Gasteiger partial charge in [-0.3, -0.25) is 4.90 Å². The molecule has 2 aromatic carbocycles. The highest BCUT2D eigenvalue weighted by Crippen LogP contribution is 2.36. The van der Waals surface area contributed by atoms with Gasteiger partial charge >= 0.3 is 12.2 Å². The van der Waals surface area contributed by atoms with Crippen LogP contribution in [0.15, 0.2) is 42.7 Å². The standard InChI is InChI=1S/C25H21F5IN7O2/c26-17-10-20(35-24(39)36-21-7-13(25(28,29)30)1-2-19(21)31)18(27)9-15(17)16-8-14(11-37-3-5-40-6-4-37)38-22(16)23(32)33-12-34-38/h1-2,7-10,12H,3-6,11H2,(H2,32,33,34)(H2,35,36,39). The van der Waals surface area contributed by atoms with Gasteiger partial charge in [-0.1, -0.05) is 0 Å². The Balaban J connectivity index is 1.43. The molecular weight excluding hydrogens is 652 g/mol. The molecule has 210 valence electrons. The fourth-order valence-electron chi connectivity index (χ4n) is 4.36. The summed E-state index contributed by atoms with van der Waals surface area (Å²) in [6, 6.07) is 5.09. The van der Waals surface area contributed by atoms with E-state index < -0.39 is 35.1 Å². The second-order valence-corrected chi connectivity index (χ2v) is 10.1. The molecule has 1 aliphatic rings. The van der Waals surface area contributed by atoms with E-state index in [0.717, 1.165) is 24.3 Å². The Kier molecular flexibility index (Phi) is 7.78. The summed E-state index contributed by atoms with van der Waals surface area (Å²) >= 11 is 1.75. The molecule has 0 aliphatic carbocycles. The van der Waals surface area contributed by atoms with Crippen LogP contribution in [-0.4, -0.2) is 51.8 Å². The maximum Gasteiger partial charge on any atom is 0.416 e. The molecule has 0 spiro atoms. The molecule has 1 aliphatic heterocycles. The molecule has 4 aromatic rings. The van der Waals surface area contributed by atoms with Crippen LogP contribution in [0.5, 0.6) is 0 Å². The van der Waals surface area contributed by atoms with Gasteiger partial charge in [0, 0.05) is 40.4 Å². The molecule has 40 heavy (non-hydrogen) atoms. The lowest BCUT2D eigenvalue weighted by Gasteiger charge is -2.26. The highest BCUT2D eigenvalue weighted by Gasteiger charge is 2.31. The number of halogens is 6. The second kappa shape index (κ2) is 11.1. The molecule has 1 saturated heterocycles. The van der Waals surface area contributed by atoms with Gasteiger partial charge in [-0.05, 0) is 52.9 Å². The van der Waals surface area contributed by atoms with Crippen molar-refractivity contribution in [3.63, 3.8) is 0 Å². The number of fused-ring (bicyclic) bond motifs is 1. The molecule has 4 N–H and O–H groups in total. The van der Waals surface area contributed by atoms with Crippen LogP contribution in [-0.2, 0) is 17.5 Å². The van der Waals surface area contributed by atoms with Crippen LogP contribution in [0.2, 0.25) is 0 Å². The summed E-state index contributed by atoms with van der Waals surface area (Å²) < 4.78 is 76.9. The first-order valence-corrected chi connectivity index (χ1v) is 12.9. The number of aromatic nitrogens is 3. The van der Waals surface area contributed by atoms with Gasteiger partial charge < -0.3 is 21.1 Å². The number of hydrogen-bond acceptors (Lipinski definition) is 6. The molecule has 0 radical (unpaired) electrons. The van der Waals surface area contributed by atoms with Crippen LogP contribution in [0, 0.1) is 15.2 Å². The van der Waals surface area contributed by atoms with Crippen molar-refractivity contribution in [2.75, 3.05) is 42.7 Å². The summed E-state index contributed by atoms with van der Waals surface area (Å²) in [5, 5.41) is 8.64. The van der Waals surface area contributed by atoms with Gasteiger partial charge in [0.15, 0.2) is 5.82 Å². The third-order valence-corrected chi connectivity index (χ3v) is 7.22. The van der Waals surface area contributed by atoms with E-state index in [2.05, 4.69) is 25.6 Å². The SMILES string of the molecule is Nc1ncnn2c(CN3CCOCC3)cc(-c3cc(F)c(NC(=O)Nc4cc(C(F)(F)F)ccc4I)cc3F)c12. The monoisotopic (exact) mass is 673 g/mol. The fourth-order valence-corrected chi connectivity index (χ4v) is 4.83. The predicted molar refractivity (Wildman–Crippen MR) is 146 cm³/mol. The molecule has 2 aromatic heterocycles. The number of nitrogen functional groups attached to an aromatic ring is 1. The number of nitrogens with one attached hydrogen (secondary N) is 2. The van der Waals surface area contributed by atoms with Crippen LogP contribution >= 0.6 is 22.6 Å². The van der Waals surface area contributed by atoms with Gasteiger partial charge in [0.05, 0.1) is 35.8 Å². The fraction of sp³-hybridized carbons (Fsp3) is 0.240. The number of anilines is 3. The largest absolute Gasteiger partial charge is 0.416 e. The van der Waals surface area contributed by atoms with E-state index in [4.69, 9.17) is 10.5 Å². The van der Waals surface area contributed by atoms with Crippen molar-refractivity contribution in [1.82, 2.24) is 19.5 Å². The van der Waals surface area contributed by atoms with E-state index in [1.807, 2.05) is 0 Å². The maximum atomic E-state index is 15.4. The Morgan fingerprint density at radius 2 is 1.75 bits per heavy atom. The van der Waals surface area contributed by atoms with Gasteiger partial charge in [0.25, 0.3) is 0 Å². The van der Waals surface area contributed by atoms with Gasteiger partial charge in [-0.15, -0.1) is 0 Å². The summed E-state index contributed by atoms with van der Waals surface area (Å²) in [6.45, 7) is 2.98. The summed E-state index contributed by atoms with van der Waals surface area (Å²) in [5.41, 5.74) is 5.55. The van der Waals surface area contributed by atoms with E-state index >= 15 is 8.78 Å². The van der Waals surface area contributed by atoms with Gasteiger partial charge in [-0.25, -0.2) is 23.1 Å². The number of urea groups is 1. The normalized spacial score (nSPS) is 14.4. The van der Waals surface area contributed by atoms with Gasteiger partial charge in [-0.2, -0.15) is 18.3 Å². The number of hydrogen-bond donors (Lipinski definition) is 3. The number of ether oxygens (including phenoxy) is 1. The number of amides is 2. The number of nitrogens with two attached hydrogens (primary N) is 1. The summed E-state index contributed by atoms with van der Waals surface area (Å²) in [7, 11) is 0. The Morgan fingerprint density at radius 1 is 1.02 bits per heavy atom. The highest BCUT2D eigenvalue weighted by atomic mass is 127. The Bertz CT molecular complexity index is 1590. The second-order valence-electron chi connectivity index (χ2n) is 8.93. The van der Waals surface area contributed by atoms with E-state index in [1.165, 1.54) is 16.9 Å². The van der Waals surface area contributed by atoms with Crippen LogP contribution in [0.25, 0.3) is 16.6 Å². The van der Waals surface area contributed by atoms with E-state index in [-0.39, 0.29) is 22.6 Å². The lowest BCUT2D eigenvalue weighted by Crippen LogP contribution is -2.36. The average Bonchev–Trinajstić information content (AvgIpc) is 3.26. The molecule has 15 heteroatoms. The summed E-state index contributed by atoms with van der Waals surface area (Å²) in [5.74, 6) is -1.79. The Hall–Kier alpha value is -3.57. The van der Waals surface area contributed by atoms with Crippen molar-refractivity contribution < 1.29 is 31.5 Å². The molecule has 0 unspecified atom stereocenters. The number of alkyl halides is 3. The van der Waals surface area contributed by atoms with E-state index in [9.17, 15) is 18.0 Å².